The van der Waals surface area contributed by atoms with Crippen molar-refractivity contribution in [2.24, 2.45) is 0 Å². The van der Waals surface area contributed by atoms with Gasteiger partial charge in [-0.3, -0.25) is 14.5 Å². The van der Waals surface area contributed by atoms with Gasteiger partial charge in [-0.25, -0.2) is 4.98 Å². The van der Waals surface area contributed by atoms with Crippen molar-refractivity contribution in [1.82, 2.24) is 9.38 Å². The number of hydrogen-bond acceptors (Lipinski definition) is 5. The standard InChI is InChI=1S/C17H20N4O3/c1-4-5-8-18-17-16(13-6-7-15(24-13)21(22)23)19-14-10-11(2)9-12(3)20(14)17/h6-7,9-10,18H,4-5,8H2,1-3H3. The van der Waals surface area contributed by atoms with E-state index in [1.165, 1.54) is 6.07 Å². The summed E-state index contributed by atoms with van der Waals surface area (Å²) in [4.78, 5) is 15.0. The number of nitro groups is 1. The third-order valence-electron chi connectivity index (χ3n) is 3.88. The van der Waals surface area contributed by atoms with E-state index in [-0.39, 0.29) is 5.88 Å². The number of aromatic nitrogens is 2. The fourth-order valence-electron chi connectivity index (χ4n) is 2.80. The number of anilines is 1. The Morgan fingerprint density at radius 1 is 1.33 bits per heavy atom. The molecule has 7 heteroatoms. The van der Waals surface area contributed by atoms with Crippen LogP contribution in [0.2, 0.25) is 0 Å². The molecule has 0 saturated carbocycles. The van der Waals surface area contributed by atoms with Crippen LogP contribution >= 0.6 is 0 Å². The number of nitrogens with one attached hydrogen (secondary N) is 1. The summed E-state index contributed by atoms with van der Waals surface area (Å²) in [5, 5.41) is 14.3. The van der Waals surface area contributed by atoms with E-state index in [4.69, 9.17) is 4.42 Å². The Labute approximate surface area is 139 Å². The minimum atomic E-state index is -0.543. The Hall–Kier alpha value is -2.83. The van der Waals surface area contributed by atoms with Crippen LogP contribution < -0.4 is 5.32 Å². The van der Waals surface area contributed by atoms with E-state index < -0.39 is 4.92 Å². The van der Waals surface area contributed by atoms with Crippen molar-refractivity contribution in [3.05, 3.63) is 45.6 Å². The van der Waals surface area contributed by atoms with Gasteiger partial charge < -0.3 is 9.73 Å². The lowest BCUT2D eigenvalue weighted by Crippen LogP contribution is -2.06. The minimum absolute atomic E-state index is 0.283. The van der Waals surface area contributed by atoms with Crippen molar-refractivity contribution in [1.29, 1.82) is 0 Å². The second kappa shape index (κ2) is 6.35. The smallest absolute Gasteiger partial charge is 0.399 e. The molecule has 7 nitrogen and oxygen atoms in total. The van der Waals surface area contributed by atoms with Crippen LogP contribution in [-0.2, 0) is 0 Å². The lowest BCUT2D eigenvalue weighted by Gasteiger charge is -2.09. The van der Waals surface area contributed by atoms with Gasteiger partial charge in [-0.1, -0.05) is 13.3 Å². The molecule has 0 aromatic carbocycles. The van der Waals surface area contributed by atoms with Crippen LogP contribution in [0.4, 0.5) is 11.7 Å². The van der Waals surface area contributed by atoms with Crippen LogP contribution in [0.1, 0.15) is 31.0 Å². The van der Waals surface area contributed by atoms with Crippen molar-refractivity contribution in [2.75, 3.05) is 11.9 Å². The molecular formula is C17H20N4O3. The van der Waals surface area contributed by atoms with Crippen molar-refractivity contribution >= 4 is 17.3 Å². The molecule has 0 aliphatic heterocycles. The first-order valence-corrected chi connectivity index (χ1v) is 7.99. The SMILES string of the molecule is CCCCNc1c(-c2ccc([N+](=O)[O-])o2)nc2cc(C)cc(C)n12. The molecule has 0 spiro atoms. The highest BCUT2D eigenvalue weighted by Crippen LogP contribution is 2.33. The lowest BCUT2D eigenvalue weighted by atomic mass is 10.2. The predicted molar refractivity (Wildman–Crippen MR) is 92.4 cm³/mol. The number of rotatable bonds is 6. The highest BCUT2D eigenvalue weighted by molar-refractivity contribution is 5.74. The summed E-state index contributed by atoms with van der Waals surface area (Å²) in [6, 6.07) is 7.01. The van der Waals surface area contributed by atoms with Gasteiger partial charge in [0.15, 0.2) is 5.76 Å². The number of hydrogen-bond donors (Lipinski definition) is 1. The van der Waals surface area contributed by atoms with E-state index in [9.17, 15) is 10.1 Å². The molecule has 0 amide bonds. The molecule has 3 rings (SSSR count). The van der Waals surface area contributed by atoms with Crippen molar-refractivity contribution in [3.63, 3.8) is 0 Å². The zero-order chi connectivity index (χ0) is 17.3. The molecule has 0 aliphatic carbocycles. The molecular weight excluding hydrogens is 308 g/mol. The molecule has 24 heavy (non-hydrogen) atoms. The summed E-state index contributed by atoms with van der Waals surface area (Å²) in [6.07, 6.45) is 2.10. The molecule has 0 radical (unpaired) electrons. The van der Waals surface area contributed by atoms with Gasteiger partial charge in [-0.05, 0) is 44.0 Å². The zero-order valence-corrected chi connectivity index (χ0v) is 14.0. The highest BCUT2D eigenvalue weighted by atomic mass is 16.6. The van der Waals surface area contributed by atoms with Crippen LogP contribution in [-0.4, -0.2) is 20.9 Å². The molecule has 126 valence electrons. The molecule has 1 N–H and O–H groups in total. The summed E-state index contributed by atoms with van der Waals surface area (Å²) in [6.45, 7) is 6.96. The number of pyridine rings is 1. The normalized spacial score (nSPS) is 11.1. The number of unbranched alkanes of at least 4 members (excludes halogenated alkanes) is 1. The van der Waals surface area contributed by atoms with Gasteiger partial charge in [0.05, 0.1) is 6.07 Å². The molecule has 3 heterocycles. The van der Waals surface area contributed by atoms with Gasteiger partial charge in [0.25, 0.3) is 0 Å². The average Bonchev–Trinajstić information content (AvgIpc) is 3.12. The predicted octanol–water partition coefficient (Wildman–Crippen LogP) is 4.33. The molecule has 0 fully saturated rings. The second-order valence-electron chi connectivity index (χ2n) is 5.85. The summed E-state index contributed by atoms with van der Waals surface area (Å²) in [7, 11) is 0. The minimum Gasteiger partial charge on any atom is -0.399 e. The van der Waals surface area contributed by atoms with Crippen molar-refractivity contribution in [3.8, 4) is 11.5 Å². The number of fused-ring (bicyclic) bond motifs is 1. The molecule has 0 unspecified atom stereocenters. The molecule has 0 bridgehead atoms. The zero-order valence-electron chi connectivity index (χ0n) is 14.0. The first-order valence-electron chi connectivity index (χ1n) is 7.99. The van der Waals surface area contributed by atoms with Crippen LogP contribution in [0.3, 0.4) is 0 Å². The summed E-state index contributed by atoms with van der Waals surface area (Å²) < 4.78 is 7.38. The molecule has 0 aliphatic rings. The first-order chi connectivity index (χ1) is 11.5. The Morgan fingerprint density at radius 3 is 2.79 bits per heavy atom. The Bertz CT molecular complexity index is 895. The van der Waals surface area contributed by atoms with E-state index in [2.05, 4.69) is 23.3 Å². The van der Waals surface area contributed by atoms with Crippen LogP contribution in [0.5, 0.6) is 0 Å². The van der Waals surface area contributed by atoms with Crippen molar-refractivity contribution < 1.29 is 9.34 Å². The quantitative estimate of drug-likeness (QED) is 0.413. The maximum absolute atomic E-state index is 10.9. The summed E-state index contributed by atoms with van der Waals surface area (Å²) in [5.41, 5.74) is 3.54. The van der Waals surface area contributed by atoms with Crippen LogP contribution in [0.15, 0.2) is 28.7 Å². The number of aryl methyl sites for hydroxylation is 2. The fourth-order valence-corrected chi connectivity index (χ4v) is 2.80. The first kappa shape index (κ1) is 16.0. The monoisotopic (exact) mass is 328 g/mol. The van der Waals surface area contributed by atoms with E-state index in [0.717, 1.165) is 42.1 Å². The van der Waals surface area contributed by atoms with Gasteiger partial charge in [-0.2, -0.15) is 0 Å². The number of imidazole rings is 1. The maximum atomic E-state index is 10.9. The van der Waals surface area contributed by atoms with Gasteiger partial charge >= 0.3 is 5.88 Å². The highest BCUT2D eigenvalue weighted by Gasteiger charge is 2.21. The van der Waals surface area contributed by atoms with Crippen molar-refractivity contribution in [2.45, 2.75) is 33.6 Å². The third-order valence-corrected chi connectivity index (χ3v) is 3.88. The lowest BCUT2D eigenvalue weighted by molar-refractivity contribution is -0.401. The summed E-state index contributed by atoms with van der Waals surface area (Å²) in [5.74, 6) is 0.913. The van der Waals surface area contributed by atoms with Gasteiger partial charge in [0.1, 0.15) is 22.1 Å². The second-order valence-corrected chi connectivity index (χ2v) is 5.85. The third kappa shape index (κ3) is 2.84. The molecule has 0 atom stereocenters. The Balaban J connectivity index is 2.15. The maximum Gasteiger partial charge on any atom is 0.433 e. The van der Waals surface area contributed by atoms with Gasteiger partial charge in [-0.15, -0.1) is 0 Å². The average molecular weight is 328 g/mol. The van der Waals surface area contributed by atoms with Gasteiger partial charge in [0.2, 0.25) is 0 Å². The molecule has 3 aromatic rings. The van der Waals surface area contributed by atoms with E-state index in [1.807, 2.05) is 24.3 Å². The van der Waals surface area contributed by atoms with Crippen LogP contribution in [0.25, 0.3) is 17.1 Å². The Morgan fingerprint density at radius 2 is 2.12 bits per heavy atom. The number of nitrogens with zero attached hydrogens (tertiary/aromatic N) is 3. The van der Waals surface area contributed by atoms with Gasteiger partial charge in [0, 0.05) is 12.2 Å². The topological polar surface area (TPSA) is 85.6 Å². The molecule has 3 aromatic heterocycles. The van der Waals surface area contributed by atoms with Crippen LogP contribution in [0, 0.1) is 24.0 Å². The summed E-state index contributed by atoms with van der Waals surface area (Å²) >= 11 is 0. The fraction of sp³-hybridized carbons (Fsp3) is 0.353. The Kier molecular flexibility index (Phi) is 4.24. The van der Waals surface area contributed by atoms with E-state index in [1.54, 1.807) is 6.07 Å². The molecule has 0 saturated heterocycles. The van der Waals surface area contributed by atoms with E-state index in [0.29, 0.717) is 11.5 Å². The largest absolute Gasteiger partial charge is 0.433 e. The van der Waals surface area contributed by atoms with E-state index >= 15 is 0 Å². The number of furan rings is 1.